The third-order valence-corrected chi connectivity index (χ3v) is 5.10. The van der Waals surface area contributed by atoms with Crippen LogP contribution in [-0.2, 0) is 14.3 Å². The van der Waals surface area contributed by atoms with E-state index in [0.717, 1.165) is 32.1 Å². The van der Waals surface area contributed by atoms with E-state index < -0.39 is 6.10 Å². The first-order valence-corrected chi connectivity index (χ1v) is 8.70. The maximum atomic E-state index is 12.0. The van der Waals surface area contributed by atoms with Gasteiger partial charge < -0.3 is 20.5 Å². The third kappa shape index (κ3) is 4.12. The second-order valence-electron chi connectivity index (χ2n) is 6.84. The van der Waals surface area contributed by atoms with E-state index in [2.05, 4.69) is 10.6 Å². The van der Waals surface area contributed by atoms with Crippen LogP contribution in [0.4, 0.5) is 0 Å². The highest BCUT2D eigenvalue weighted by molar-refractivity contribution is 5.80. The molecule has 0 spiro atoms. The first kappa shape index (κ1) is 16.5. The van der Waals surface area contributed by atoms with Gasteiger partial charge in [-0.1, -0.05) is 18.6 Å². The lowest BCUT2D eigenvalue weighted by atomic mass is 9.84. The van der Waals surface area contributed by atoms with Gasteiger partial charge in [0.15, 0.2) is 0 Å². The number of aliphatic hydroxyl groups excluding tert-OH is 1. The minimum absolute atomic E-state index is 0.0157. The molecule has 0 aromatic rings. The summed E-state index contributed by atoms with van der Waals surface area (Å²) in [6, 6.07) is -0.00253. The smallest absolute Gasteiger partial charge is 0.223 e. The minimum atomic E-state index is -0.495. The van der Waals surface area contributed by atoms with Gasteiger partial charge in [0.2, 0.25) is 11.8 Å². The Balaban J connectivity index is 1.49. The van der Waals surface area contributed by atoms with E-state index in [0.29, 0.717) is 6.04 Å². The Bertz CT molecular complexity index is 471. The van der Waals surface area contributed by atoms with Gasteiger partial charge in [0, 0.05) is 12.0 Å². The highest BCUT2D eigenvalue weighted by Gasteiger charge is 2.32. The van der Waals surface area contributed by atoms with E-state index in [4.69, 9.17) is 4.74 Å². The zero-order chi connectivity index (χ0) is 16.2. The molecule has 1 aliphatic heterocycles. The zero-order valence-electron chi connectivity index (χ0n) is 13.4. The van der Waals surface area contributed by atoms with Gasteiger partial charge in [-0.15, -0.1) is 0 Å². The molecule has 0 radical (unpaired) electrons. The first-order valence-electron chi connectivity index (χ1n) is 8.70. The van der Waals surface area contributed by atoms with Crippen LogP contribution in [0.25, 0.3) is 0 Å². The molecule has 3 rings (SSSR count). The molecule has 128 valence electrons. The monoisotopic (exact) mass is 322 g/mol. The van der Waals surface area contributed by atoms with Crippen LogP contribution in [0, 0.1) is 5.92 Å². The van der Waals surface area contributed by atoms with Crippen molar-refractivity contribution in [1.82, 2.24) is 10.6 Å². The minimum Gasteiger partial charge on any atom is -0.394 e. The maximum Gasteiger partial charge on any atom is 0.223 e. The molecule has 0 aromatic carbocycles. The molecule has 0 unspecified atom stereocenters. The van der Waals surface area contributed by atoms with Crippen molar-refractivity contribution in [2.75, 3.05) is 6.61 Å². The van der Waals surface area contributed by atoms with Crippen molar-refractivity contribution >= 4 is 11.8 Å². The van der Waals surface area contributed by atoms with Crippen molar-refractivity contribution in [3.05, 3.63) is 12.2 Å². The molecule has 2 aliphatic carbocycles. The number of rotatable bonds is 6. The Morgan fingerprint density at radius 1 is 1.09 bits per heavy atom. The van der Waals surface area contributed by atoms with Crippen LogP contribution in [0.3, 0.4) is 0 Å². The number of aliphatic hydroxyl groups is 1. The van der Waals surface area contributed by atoms with Crippen LogP contribution >= 0.6 is 0 Å². The molecule has 2 saturated carbocycles. The number of nitrogens with one attached hydrogen (secondary N) is 2. The molecule has 1 heterocycles. The topological polar surface area (TPSA) is 87.7 Å². The molecule has 0 aromatic heterocycles. The lowest BCUT2D eigenvalue weighted by Crippen LogP contribution is -2.51. The standard InChI is InChI=1S/C17H26N2O4/c20-10-15-14(19-17(22)11-3-1-4-11)8-7-13(23-15)9-16(21)18-12-5-2-6-12/h7-8,11-15,20H,1-6,9-10H2,(H,18,21)(H,19,22)/t13-,14+,15+/m0/s1. The summed E-state index contributed by atoms with van der Waals surface area (Å²) in [6.07, 6.45) is 9.37. The number of ether oxygens (including phenoxy) is 1. The Kier molecular flexibility index (Phi) is 5.33. The van der Waals surface area contributed by atoms with Crippen LogP contribution in [0.5, 0.6) is 0 Å². The van der Waals surface area contributed by atoms with Crippen molar-refractivity contribution in [3.63, 3.8) is 0 Å². The van der Waals surface area contributed by atoms with Gasteiger partial charge in [-0.3, -0.25) is 9.59 Å². The molecule has 3 atom stereocenters. The predicted molar refractivity (Wildman–Crippen MR) is 84.6 cm³/mol. The molecule has 2 fully saturated rings. The van der Waals surface area contributed by atoms with Crippen LogP contribution in [0.1, 0.15) is 44.9 Å². The molecule has 0 saturated heterocycles. The molecule has 23 heavy (non-hydrogen) atoms. The molecule has 3 aliphatic rings. The van der Waals surface area contributed by atoms with E-state index in [9.17, 15) is 14.7 Å². The number of hydrogen-bond acceptors (Lipinski definition) is 4. The quantitative estimate of drug-likeness (QED) is 0.627. The number of amides is 2. The molecule has 6 nitrogen and oxygen atoms in total. The summed E-state index contributed by atoms with van der Waals surface area (Å²) in [5.41, 5.74) is 0. The summed E-state index contributed by atoms with van der Waals surface area (Å²) < 4.78 is 5.77. The normalized spacial score (nSPS) is 31.1. The second kappa shape index (κ2) is 7.45. The summed E-state index contributed by atoms with van der Waals surface area (Å²) in [5, 5.41) is 15.4. The van der Waals surface area contributed by atoms with Crippen molar-refractivity contribution in [1.29, 1.82) is 0 Å². The molecule has 6 heteroatoms. The first-order chi connectivity index (χ1) is 11.2. The van der Waals surface area contributed by atoms with Gasteiger partial charge in [0.05, 0.1) is 25.2 Å². The van der Waals surface area contributed by atoms with Gasteiger partial charge in [-0.2, -0.15) is 0 Å². The van der Waals surface area contributed by atoms with E-state index in [1.807, 2.05) is 12.2 Å². The average Bonchev–Trinajstić information content (AvgIpc) is 2.42. The largest absolute Gasteiger partial charge is 0.394 e. The second-order valence-corrected chi connectivity index (χ2v) is 6.84. The van der Waals surface area contributed by atoms with Gasteiger partial charge in [-0.25, -0.2) is 0 Å². The predicted octanol–water partition coefficient (Wildman–Crippen LogP) is 0.646. The van der Waals surface area contributed by atoms with Crippen LogP contribution in [0.2, 0.25) is 0 Å². The van der Waals surface area contributed by atoms with Crippen LogP contribution in [0.15, 0.2) is 12.2 Å². The summed E-state index contributed by atoms with van der Waals surface area (Å²) in [7, 11) is 0. The number of hydrogen-bond donors (Lipinski definition) is 3. The molecular formula is C17H26N2O4. The van der Waals surface area contributed by atoms with E-state index in [1.54, 1.807) is 0 Å². The van der Waals surface area contributed by atoms with E-state index in [-0.39, 0.29) is 42.9 Å². The van der Waals surface area contributed by atoms with Crippen molar-refractivity contribution in [3.8, 4) is 0 Å². The molecular weight excluding hydrogens is 296 g/mol. The van der Waals surface area contributed by atoms with Crippen molar-refractivity contribution in [2.24, 2.45) is 5.92 Å². The van der Waals surface area contributed by atoms with Gasteiger partial charge in [-0.05, 0) is 32.1 Å². The van der Waals surface area contributed by atoms with E-state index in [1.165, 1.54) is 6.42 Å². The Labute approximate surface area is 136 Å². The molecule has 0 bridgehead atoms. The molecule has 2 amide bonds. The van der Waals surface area contributed by atoms with Gasteiger partial charge in [0.1, 0.15) is 6.10 Å². The summed E-state index contributed by atoms with van der Waals surface area (Å²) in [5.74, 6) is 0.126. The summed E-state index contributed by atoms with van der Waals surface area (Å²) in [4.78, 5) is 24.0. The lowest BCUT2D eigenvalue weighted by Gasteiger charge is -2.34. The third-order valence-electron chi connectivity index (χ3n) is 5.10. The molecule has 3 N–H and O–H groups in total. The Hall–Kier alpha value is -1.40. The number of carbonyl (C=O) groups excluding carboxylic acids is 2. The van der Waals surface area contributed by atoms with Crippen molar-refractivity contribution < 1.29 is 19.4 Å². The number of carbonyl (C=O) groups is 2. The van der Waals surface area contributed by atoms with Crippen LogP contribution < -0.4 is 10.6 Å². The SMILES string of the molecule is O=C(C[C@@H]1C=C[C@@H](NC(=O)C2CCC2)[C@@H](CO)O1)NC1CCC1. The Morgan fingerprint density at radius 3 is 2.39 bits per heavy atom. The van der Waals surface area contributed by atoms with Gasteiger partial charge in [0.25, 0.3) is 0 Å². The average molecular weight is 322 g/mol. The van der Waals surface area contributed by atoms with Crippen molar-refractivity contribution in [2.45, 2.75) is 69.2 Å². The highest BCUT2D eigenvalue weighted by Crippen LogP contribution is 2.27. The fraction of sp³-hybridized carbons (Fsp3) is 0.765. The zero-order valence-corrected chi connectivity index (χ0v) is 13.4. The van der Waals surface area contributed by atoms with Gasteiger partial charge >= 0.3 is 0 Å². The summed E-state index contributed by atoms with van der Waals surface area (Å²) >= 11 is 0. The van der Waals surface area contributed by atoms with E-state index >= 15 is 0 Å². The maximum absolute atomic E-state index is 12.0. The lowest BCUT2D eigenvalue weighted by molar-refractivity contribution is -0.132. The van der Waals surface area contributed by atoms with Crippen LogP contribution in [-0.4, -0.2) is 47.8 Å². The fourth-order valence-electron chi connectivity index (χ4n) is 3.11. The Morgan fingerprint density at radius 2 is 1.83 bits per heavy atom. The highest BCUT2D eigenvalue weighted by atomic mass is 16.5. The summed E-state index contributed by atoms with van der Waals surface area (Å²) in [6.45, 7) is -0.180. The fourth-order valence-corrected chi connectivity index (χ4v) is 3.11.